The van der Waals surface area contributed by atoms with Gasteiger partial charge in [-0.05, 0) is 31.5 Å². The molecule has 1 saturated heterocycles. The lowest BCUT2D eigenvalue weighted by molar-refractivity contribution is 0.102. The minimum absolute atomic E-state index is 0.121. The number of anilines is 1. The molecule has 3 rings (SSSR count). The van der Waals surface area contributed by atoms with E-state index in [-0.39, 0.29) is 11.9 Å². The number of rotatable bonds is 3. The van der Waals surface area contributed by atoms with E-state index in [1.165, 1.54) is 6.26 Å². The molecule has 5 nitrogen and oxygen atoms in total. The molecule has 1 aromatic carbocycles. The first kappa shape index (κ1) is 11.9. The summed E-state index contributed by atoms with van der Waals surface area (Å²) in [6, 6.07) is 9.47. The van der Waals surface area contributed by atoms with E-state index in [4.69, 9.17) is 4.52 Å². The lowest BCUT2D eigenvalue weighted by Gasteiger charge is -2.09. The second kappa shape index (κ2) is 5.24. The number of aromatic nitrogens is 1. The molecule has 0 saturated carbocycles. The number of benzene rings is 1. The van der Waals surface area contributed by atoms with Gasteiger partial charge in [0.15, 0.2) is 0 Å². The standard InChI is InChI=1S/C14H15N3O2/c18-14(16-10-5-2-1-3-6-10)11-9-19-17-13(11)12-7-4-8-15-12/h1-3,5-6,9,12,15H,4,7-8H2,(H,16,18). The van der Waals surface area contributed by atoms with Crippen LogP contribution in [0.2, 0.25) is 0 Å². The van der Waals surface area contributed by atoms with Crippen molar-refractivity contribution in [3.05, 3.63) is 47.9 Å². The molecule has 1 atom stereocenters. The molecule has 1 amide bonds. The van der Waals surface area contributed by atoms with Crippen LogP contribution in [0.3, 0.4) is 0 Å². The highest BCUT2D eigenvalue weighted by molar-refractivity contribution is 6.04. The van der Waals surface area contributed by atoms with Crippen molar-refractivity contribution in [3.8, 4) is 0 Å². The molecule has 0 aliphatic carbocycles. The zero-order valence-electron chi connectivity index (χ0n) is 10.4. The summed E-state index contributed by atoms with van der Waals surface area (Å²) >= 11 is 0. The number of carbonyl (C=O) groups is 1. The Morgan fingerprint density at radius 3 is 2.95 bits per heavy atom. The number of hydrogen-bond donors (Lipinski definition) is 2. The van der Waals surface area contributed by atoms with Crippen molar-refractivity contribution in [2.75, 3.05) is 11.9 Å². The molecule has 2 N–H and O–H groups in total. The molecule has 5 heteroatoms. The van der Waals surface area contributed by atoms with Gasteiger partial charge >= 0.3 is 0 Å². The number of carbonyl (C=O) groups excluding carboxylic acids is 1. The minimum atomic E-state index is -0.184. The van der Waals surface area contributed by atoms with Gasteiger partial charge in [0.2, 0.25) is 0 Å². The summed E-state index contributed by atoms with van der Waals surface area (Å²) in [4.78, 5) is 12.2. The van der Waals surface area contributed by atoms with Gasteiger partial charge in [-0.1, -0.05) is 23.4 Å². The molecular weight excluding hydrogens is 242 g/mol. The summed E-state index contributed by atoms with van der Waals surface area (Å²) in [5, 5.41) is 10.1. The molecule has 19 heavy (non-hydrogen) atoms. The van der Waals surface area contributed by atoms with Crippen LogP contribution < -0.4 is 10.6 Å². The predicted octanol–water partition coefficient (Wildman–Crippen LogP) is 2.35. The third-order valence-electron chi connectivity index (χ3n) is 3.26. The molecule has 0 spiro atoms. The number of para-hydroxylation sites is 1. The Bertz CT molecular complexity index is 559. The van der Waals surface area contributed by atoms with E-state index in [0.717, 1.165) is 25.1 Å². The number of hydrogen-bond acceptors (Lipinski definition) is 4. The molecular formula is C14H15N3O2. The molecule has 0 bridgehead atoms. The largest absolute Gasteiger partial charge is 0.364 e. The van der Waals surface area contributed by atoms with Gasteiger partial charge < -0.3 is 15.2 Å². The van der Waals surface area contributed by atoms with Crippen LogP contribution in [-0.4, -0.2) is 17.6 Å². The fourth-order valence-corrected chi connectivity index (χ4v) is 2.30. The van der Waals surface area contributed by atoms with E-state index >= 15 is 0 Å². The zero-order valence-corrected chi connectivity index (χ0v) is 10.4. The summed E-state index contributed by atoms with van der Waals surface area (Å²) < 4.78 is 4.97. The first-order chi connectivity index (χ1) is 9.34. The molecule has 1 unspecified atom stereocenters. The second-order valence-electron chi connectivity index (χ2n) is 4.58. The van der Waals surface area contributed by atoms with Gasteiger partial charge in [0, 0.05) is 5.69 Å². The lowest BCUT2D eigenvalue weighted by atomic mass is 10.1. The van der Waals surface area contributed by atoms with Crippen LogP contribution in [0.15, 0.2) is 41.1 Å². The monoisotopic (exact) mass is 257 g/mol. The van der Waals surface area contributed by atoms with Crippen molar-refractivity contribution in [1.29, 1.82) is 0 Å². The summed E-state index contributed by atoms with van der Waals surface area (Å²) in [5.74, 6) is -0.184. The first-order valence-corrected chi connectivity index (χ1v) is 6.38. The van der Waals surface area contributed by atoms with Crippen molar-refractivity contribution in [2.24, 2.45) is 0 Å². The van der Waals surface area contributed by atoms with Crippen LogP contribution in [0.5, 0.6) is 0 Å². The van der Waals surface area contributed by atoms with Gasteiger partial charge in [0.25, 0.3) is 5.91 Å². The smallest absolute Gasteiger partial charge is 0.260 e. The highest BCUT2D eigenvalue weighted by atomic mass is 16.5. The fourth-order valence-electron chi connectivity index (χ4n) is 2.30. The summed E-state index contributed by atoms with van der Waals surface area (Å²) in [6.07, 6.45) is 3.49. The fraction of sp³-hybridized carbons (Fsp3) is 0.286. The van der Waals surface area contributed by atoms with Crippen LogP contribution in [0, 0.1) is 0 Å². The third-order valence-corrected chi connectivity index (χ3v) is 3.26. The van der Waals surface area contributed by atoms with E-state index in [0.29, 0.717) is 11.3 Å². The average Bonchev–Trinajstić information content (AvgIpc) is 3.10. The van der Waals surface area contributed by atoms with Crippen LogP contribution in [0.4, 0.5) is 5.69 Å². The number of nitrogens with one attached hydrogen (secondary N) is 2. The van der Waals surface area contributed by atoms with Crippen LogP contribution >= 0.6 is 0 Å². The Kier molecular flexibility index (Phi) is 3.29. The van der Waals surface area contributed by atoms with Crippen molar-refractivity contribution >= 4 is 11.6 Å². The van der Waals surface area contributed by atoms with Crippen molar-refractivity contribution in [3.63, 3.8) is 0 Å². The average molecular weight is 257 g/mol. The van der Waals surface area contributed by atoms with Crippen molar-refractivity contribution < 1.29 is 9.32 Å². The Hall–Kier alpha value is -2.14. The lowest BCUT2D eigenvalue weighted by Crippen LogP contribution is -2.19. The molecule has 1 fully saturated rings. The molecule has 98 valence electrons. The topological polar surface area (TPSA) is 67.2 Å². The van der Waals surface area contributed by atoms with Gasteiger partial charge in [-0.25, -0.2) is 0 Å². The van der Waals surface area contributed by atoms with Crippen LogP contribution in [0.25, 0.3) is 0 Å². The van der Waals surface area contributed by atoms with Gasteiger partial charge in [-0.15, -0.1) is 0 Å². The Morgan fingerprint density at radius 2 is 2.21 bits per heavy atom. The third kappa shape index (κ3) is 2.51. The van der Waals surface area contributed by atoms with E-state index < -0.39 is 0 Å². The highest BCUT2D eigenvalue weighted by Gasteiger charge is 2.25. The summed E-state index contributed by atoms with van der Waals surface area (Å²) in [7, 11) is 0. The van der Waals surface area contributed by atoms with Gasteiger partial charge in [0.1, 0.15) is 17.5 Å². The molecule has 1 aliphatic heterocycles. The molecule has 2 heterocycles. The summed E-state index contributed by atoms with van der Waals surface area (Å²) in [6.45, 7) is 0.956. The highest BCUT2D eigenvalue weighted by Crippen LogP contribution is 2.25. The normalized spacial score (nSPS) is 18.4. The van der Waals surface area contributed by atoms with E-state index in [9.17, 15) is 4.79 Å². The Balaban J connectivity index is 1.78. The molecule has 1 aliphatic rings. The maximum Gasteiger partial charge on any atom is 0.260 e. The van der Waals surface area contributed by atoms with E-state index in [1.807, 2.05) is 30.3 Å². The maximum absolute atomic E-state index is 12.2. The molecule has 1 aromatic heterocycles. The minimum Gasteiger partial charge on any atom is -0.364 e. The van der Waals surface area contributed by atoms with Crippen molar-refractivity contribution in [1.82, 2.24) is 10.5 Å². The van der Waals surface area contributed by atoms with Crippen molar-refractivity contribution in [2.45, 2.75) is 18.9 Å². The molecule has 2 aromatic rings. The predicted molar refractivity (Wildman–Crippen MR) is 70.9 cm³/mol. The maximum atomic E-state index is 12.2. The molecule has 0 radical (unpaired) electrons. The first-order valence-electron chi connectivity index (χ1n) is 6.38. The van der Waals surface area contributed by atoms with E-state index in [1.54, 1.807) is 0 Å². The van der Waals surface area contributed by atoms with Gasteiger partial charge in [-0.3, -0.25) is 4.79 Å². The number of nitrogens with zero attached hydrogens (tertiary/aromatic N) is 1. The Labute approximate surface area is 111 Å². The summed E-state index contributed by atoms with van der Waals surface area (Å²) in [5.41, 5.74) is 1.97. The van der Waals surface area contributed by atoms with E-state index in [2.05, 4.69) is 15.8 Å². The Morgan fingerprint density at radius 1 is 1.37 bits per heavy atom. The zero-order chi connectivity index (χ0) is 13.1. The van der Waals surface area contributed by atoms with Crippen LogP contribution in [0.1, 0.15) is 34.9 Å². The quantitative estimate of drug-likeness (QED) is 0.885. The SMILES string of the molecule is O=C(Nc1ccccc1)c1conc1C1CCCN1. The van der Waals surface area contributed by atoms with Gasteiger partial charge in [-0.2, -0.15) is 0 Å². The van der Waals surface area contributed by atoms with Crippen LogP contribution in [-0.2, 0) is 0 Å². The number of amides is 1. The van der Waals surface area contributed by atoms with Gasteiger partial charge in [0.05, 0.1) is 6.04 Å². The second-order valence-corrected chi connectivity index (χ2v) is 4.58.